The normalized spacial score (nSPS) is 17.5. The molecule has 1 saturated heterocycles. The maximum Gasteiger partial charge on any atom is 0.416 e. The van der Waals surface area contributed by atoms with Crippen LogP contribution in [-0.2, 0) is 17.4 Å². The first-order chi connectivity index (χ1) is 14.8. The summed E-state index contributed by atoms with van der Waals surface area (Å²) in [4.78, 5) is 21.1. The maximum atomic E-state index is 12.9. The number of amides is 1. The van der Waals surface area contributed by atoms with Crippen molar-refractivity contribution in [3.8, 4) is 0 Å². The summed E-state index contributed by atoms with van der Waals surface area (Å²) < 4.78 is 38.8. The van der Waals surface area contributed by atoms with Crippen molar-refractivity contribution >= 4 is 5.91 Å². The van der Waals surface area contributed by atoms with E-state index in [0.717, 1.165) is 56.3 Å². The van der Waals surface area contributed by atoms with Crippen LogP contribution in [0, 0.1) is 0 Å². The van der Waals surface area contributed by atoms with Gasteiger partial charge < -0.3 is 4.90 Å². The molecule has 31 heavy (non-hydrogen) atoms. The second-order valence-electron chi connectivity index (χ2n) is 8.11. The van der Waals surface area contributed by atoms with Crippen molar-refractivity contribution in [2.45, 2.75) is 45.2 Å². The molecule has 4 nitrogen and oxygen atoms in total. The van der Waals surface area contributed by atoms with Crippen LogP contribution < -0.4 is 0 Å². The van der Waals surface area contributed by atoms with Gasteiger partial charge in [-0.25, -0.2) is 0 Å². The monoisotopic (exact) mass is 433 g/mol. The Morgan fingerprint density at radius 1 is 1.16 bits per heavy atom. The van der Waals surface area contributed by atoms with Crippen molar-refractivity contribution in [1.29, 1.82) is 0 Å². The van der Waals surface area contributed by atoms with E-state index in [4.69, 9.17) is 0 Å². The van der Waals surface area contributed by atoms with Crippen LogP contribution in [0.2, 0.25) is 0 Å². The molecule has 7 heteroatoms. The summed E-state index contributed by atoms with van der Waals surface area (Å²) >= 11 is 0. The molecule has 1 atom stereocenters. The molecule has 0 radical (unpaired) electrons. The number of pyridine rings is 1. The molecular weight excluding hydrogens is 403 g/mol. The first-order valence-corrected chi connectivity index (χ1v) is 10.9. The lowest BCUT2D eigenvalue weighted by Gasteiger charge is -2.33. The Morgan fingerprint density at radius 3 is 2.58 bits per heavy atom. The Labute approximate surface area is 182 Å². The molecule has 1 fully saturated rings. The van der Waals surface area contributed by atoms with Crippen LogP contribution in [0.1, 0.15) is 55.0 Å². The molecule has 0 N–H and O–H groups in total. The standard InChI is InChI=1S/C24H30F3N3O/c1-3-30(4-2)23(31)17-29-12-6-8-20(16-29)22-11-10-19(15-28-22)13-18-7-5-9-21(14-18)24(25,26)27/h5,7,9-11,14-15,20H,3-4,6,8,12-13,16-17H2,1-2H3/t20-/m1/s1. The minimum absolute atomic E-state index is 0.162. The van der Waals surface area contributed by atoms with Crippen LogP contribution in [0.3, 0.4) is 0 Å². The second-order valence-corrected chi connectivity index (χ2v) is 8.11. The summed E-state index contributed by atoms with van der Waals surface area (Å²) in [5.41, 5.74) is 1.85. The highest BCUT2D eigenvalue weighted by Gasteiger charge is 2.30. The zero-order valence-corrected chi connectivity index (χ0v) is 18.2. The Morgan fingerprint density at radius 2 is 1.94 bits per heavy atom. The van der Waals surface area contributed by atoms with Crippen LogP contribution >= 0.6 is 0 Å². The van der Waals surface area contributed by atoms with Gasteiger partial charge in [-0.15, -0.1) is 0 Å². The first kappa shape index (κ1) is 23.3. The van der Waals surface area contributed by atoms with Gasteiger partial charge in [-0.2, -0.15) is 13.2 Å². The fraction of sp³-hybridized carbons (Fsp3) is 0.500. The highest BCUT2D eigenvalue weighted by atomic mass is 19.4. The molecule has 1 aliphatic heterocycles. The molecule has 0 aliphatic carbocycles. The maximum absolute atomic E-state index is 12.9. The highest BCUT2D eigenvalue weighted by Crippen LogP contribution is 2.30. The largest absolute Gasteiger partial charge is 0.416 e. The lowest BCUT2D eigenvalue weighted by atomic mass is 9.93. The predicted octanol–water partition coefficient (Wildman–Crippen LogP) is 4.74. The van der Waals surface area contributed by atoms with Gasteiger partial charge in [0.25, 0.3) is 0 Å². The van der Waals surface area contributed by atoms with Crippen molar-refractivity contribution in [2.75, 3.05) is 32.7 Å². The Bertz CT molecular complexity index is 863. The van der Waals surface area contributed by atoms with E-state index in [0.29, 0.717) is 18.5 Å². The number of alkyl halides is 3. The minimum atomic E-state index is -4.34. The predicted molar refractivity (Wildman–Crippen MR) is 115 cm³/mol. The molecule has 3 rings (SSSR count). The lowest BCUT2D eigenvalue weighted by Crippen LogP contribution is -2.43. The van der Waals surface area contributed by atoms with Crippen molar-refractivity contribution < 1.29 is 18.0 Å². The number of aromatic nitrogens is 1. The number of hydrogen-bond acceptors (Lipinski definition) is 3. The molecule has 1 aromatic heterocycles. The molecular formula is C24H30F3N3O. The quantitative estimate of drug-likeness (QED) is 0.633. The van der Waals surface area contributed by atoms with Gasteiger partial charge in [-0.05, 0) is 62.9 Å². The summed E-state index contributed by atoms with van der Waals surface area (Å²) in [5, 5.41) is 0. The Kier molecular flexibility index (Phi) is 7.70. The summed E-state index contributed by atoms with van der Waals surface area (Å²) in [6, 6.07) is 9.35. The molecule has 2 heterocycles. The average Bonchev–Trinajstić information content (AvgIpc) is 2.75. The summed E-state index contributed by atoms with van der Waals surface area (Å²) in [7, 11) is 0. The lowest BCUT2D eigenvalue weighted by molar-refractivity contribution is -0.137. The smallest absolute Gasteiger partial charge is 0.342 e. The van der Waals surface area contributed by atoms with Gasteiger partial charge in [0.2, 0.25) is 5.91 Å². The fourth-order valence-corrected chi connectivity index (χ4v) is 4.18. The third-order valence-corrected chi connectivity index (χ3v) is 5.91. The number of carbonyl (C=O) groups excluding carboxylic acids is 1. The van der Waals surface area contributed by atoms with E-state index in [1.807, 2.05) is 30.9 Å². The average molecular weight is 434 g/mol. The van der Waals surface area contributed by atoms with Crippen LogP contribution in [0.5, 0.6) is 0 Å². The summed E-state index contributed by atoms with van der Waals surface area (Å²) in [5.74, 6) is 0.427. The van der Waals surface area contributed by atoms with E-state index in [9.17, 15) is 18.0 Å². The van der Waals surface area contributed by atoms with Gasteiger partial charge >= 0.3 is 6.18 Å². The van der Waals surface area contributed by atoms with Crippen LogP contribution in [0.25, 0.3) is 0 Å². The summed E-state index contributed by atoms with van der Waals surface area (Å²) in [6.45, 7) is 7.58. The summed E-state index contributed by atoms with van der Waals surface area (Å²) in [6.07, 6.45) is -0.126. The SMILES string of the molecule is CCN(CC)C(=O)CN1CCC[C@@H](c2ccc(Cc3cccc(C(F)(F)F)c3)cn2)C1. The van der Waals surface area contributed by atoms with E-state index in [2.05, 4.69) is 9.88 Å². The number of hydrogen-bond donors (Lipinski definition) is 0. The molecule has 168 valence electrons. The zero-order chi connectivity index (χ0) is 22.4. The molecule has 0 saturated carbocycles. The van der Waals surface area contributed by atoms with Crippen LogP contribution in [0.4, 0.5) is 13.2 Å². The van der Waals surface area contributed by atoms with E-state index in [1.54, 1.807) is 12.3 Å². The third kappa shape index (κ3) is 6.29. The van der Waals surface area contributed by atoms with Gasteiger partial charge in [-0.1, -0.05) is 24.3 Å². The molecule has 2 aromatic rings. The number of nitrogens with zero attached hydrogens (tertiary/aromatic N) is 3. The van der Waals surface area contributed by atoms with Crippen LogP contribution in [-0.4, -0.2) is 53.4 Å². The number of likely N-dealkylation sites (tertiary alicyclic amines) is 1. The van der Waals surface area contributed by atoms with Crippen molar-refractivity contribution in [1.82, 2.24) is 14.8 Å². The van der Waals surface area contributed by atoms with Gasteiger partial charge in [0, 0.05) is 37.4 Å². The van der Waals surface area contributed by atoms with Gasteiger partial charge in [0.1, 0.15) is 0 Å². The number of likely N-dealkylation sites (N-methyl/N-ethyl adjacent to an activating group) is 1. The fourth-order valence-electron chi connectivity index (χ4n) is 4.18. The van der Waals surface area contributed by atoms with Crippen molar-refractivity contribution in [2.24, 2.45) is 0 Å². The Balaban J connectivity index is 1.61. The molecule has 1 aromatic carbocycles. The van der Waals surface area contributed by atoms with Crippen molar-refractivity contribution in [3.05, 3.63) is 65.0 Å². The van der Waals surface area contributed by atoms with Gasteiger partial charge in [0.15, 0.2) is 0 Å². The van der Waals surface area contributed by atoms with E-state index in [-0.39, 0.29) is 11.8 Å². The molecule has 0 unspecified atom stereocenters. The van der Waals surface area contributed by atoms with Crippen LogP contribution in [0.15, 0.2) is 42.6 Å². The first-order valence-electron chi connectivity index (χ1n) is 10.9. The minimum Gasteiger partial charge on any atom is -0.342 e. The van der Waals surface area contributed by atoms with E-state index >= 15 is 0 Å². The molecule has 1 amide bonds. The molecule has 1 aliphatic rings. The number of rotatable bonds is 7. The number of benzene rings is 1. The highest BCUT2D eigenvalue weighted by molar-refractivity contribution is 5.78. The van der Waals surface area contributed by atoms with Gasteiger partial charge in [-0.3, -0.25) is 14.7 Å². The van der Waals surface area contributed by atoms with E-state index < -0.39 is 11.7 Å². The van der Waals surface area contributed by atoms with Gasteiger partial charge in [0.05, 0.1) is 12.1 Å². The number of halogens is 3. The molecule has 0 spiro atoms. The zero-order valence-electron chi connectivity index (χ0n) is 18.2. The number of piperidine rings is 1. The van der Waals surface area contributed by atoms with E-state index in [1.165, 1.54) is 12.1 Å². The topological polar surface area (TPSA) is 36.4 Å². The third-order valence-electron chi connectivity index (χ3n) is 5.91. The second kappa shape index (κ2) is 10.3. The number of carbonyl (C=O) groups is 1. The molecule has 0 bridgehead atoms. The van der Waals surface area contributed by atoms with Crippen molar-refractivity contribution in [3.63, 3.8) is 0 Å². The Hall–Kier alpha value is -2.41.